The third-order valence-corrected chi connectivity index (χ3v) is 13.2. The lowest BCUT2D eigenvalue weighted by molar-refractivity contribution is -0.203. The Morgan fingerprint density at radius 3 is 2.33 bits per heavy atom. The highest BCUT2D eigenvalue weighted by molar-refractivity contribution is 5.84. The second kappa shape index (κ2) is 12.1. The number of hydrogen-bond donors (Lipinski definition) is 3. The summed E-state index contributed by atoms with van der Waals surface area (Å²) in [5.41, 5.74) is 2.61. The van der Waals surface area contributed by atoms with Crippen LogP contribution in [0, 0.1) is 52.3 Å². The largest absolute Gasteiger partial charge is 0.449 e. The van der Waals surface area contributed by atoms with E-state index in [4.69, 9.17) is 4.74 Å². The van der Waals surface area contributed by atoms with Crippen molar-refractivity contribution in [3.63, 3.8) is 0 Å². The van der Waals surface area contributed by atoms with Crippen molar-refractivity contribution in [3.8, 4) is 0 Å². The number of benzene rings is 1. The Balaban J connectivity index is 1.16. The van der Waals surface area contributed by atoms with E-state index in [-0.39, 0.29) is 34.5 Å². The molecule has 42 heavy (non-hydrogen) atoms. The zero-order chi connectivity index (χ0) is 30.4. The molecule has 3 N–H and O–H groups in total. The Hall–Kier alpha value is -1.59. The fourth-order valence-electron chi connectivity index (χ4n) is 10.9. The zero-order valence-corrected chi connectivity index (χ0v) is 27.5. The molecule has 11 atom stereocenters. The molecule has 4 fully saturated rings. The van der Waals surface area contributed by atoms with Crippen LogP contribution in [0.25, 0.3) is 0 Å². The minimum atomic E-state index is -0.379. The first-order valence-corrected chi connectivity index (χ1v) is 17.2. The van der Waals surface area contributed by atoms with E-state index in [1.807, 2.05) is 12.1 Å². The first-order valence-electron chi connectivity index (χ1n) is 17.2. The highest BCUT2D eigenvalue weighted by atomic mass is 16.5. The van der Waals surface area contributed by atoms with Crippen molar-refractivity contribution in [3.05, 3.63) is 29.8 Å². The van der Waals surface area contributed by atoms with Crippen LogP contribution in [0.3, 0.4) is 0 Å². The summed E-state index contributed by atoms with van der Waals surface area (Å²) in [5.74, 6) is 3.55. The van der Waals surface area contributed by atoms with Crippen molar-refractivity contribution in [1.82, 2.24) is 0 Å². The lowest BCUT2D eigenvalue weighted by Crippen LogP contribution is -2.62. The van der Waals surface area contributed by atoms with E-state index in [9.17, 15) is 15.0 Å². The number of hydrogen-bond acceptors (Lipinski definition) is 4. The average molecular weight is 582 g/mol. The molecule has 5 heteroatoms. The fourth-order valence-corrected chi connectivity index (χ4v) is 10.9. The third kappa shape index (κ3) is 5.78. The van der Waals surface area contributed by atoms with Gasteiger partial charge in [0.15, 0.2) is 0 Å². The van der Waals surface area contributed by atoms with Crippen LogP contribution in [0.2, 0.25) is 0 Å². The van der Waals surface area contributed by atoms with Crippen LogP contribution in [-0.2, 0) is 10.2 Å². The molecule has 0 saturated heterocycles. The average Bonchev–Trinajstić information content (AvgIpc) is 3.29. The molecular formula is C37H59NO4. The topological polar surface area (TPSA) is 78.8 Å². The van der Waals surface area contributed by atoms with Gasteiger partial charge in [-0.15, -0.1) is 0 Å². The van der Waals surface area contributed by atoms with Crippen LogP contribution in [0.15, 0.2) is 24.3 Å². The zero-order valence-electron chi connectivity index (χ0n) is 27.5. The maximum Gasteiger partial charge on any atom is 0.411 e. The lowest BCUT2D eigenvalue weighted by Gasteiger charge is -2.64. The molecule has 0 radical (unpaired) electrons. The summed E-state index contributed by atoms with van der Waals surface area (Å²) < 4.78 is 5.57. The third-order valence-electron chi connectivity index (χ3n) is 13.2. The van der Waals surface area contributed by atoms with Gasteiger partial charge in [-0.05, 0) is 133 Å². The van der Waals surface area contributed by atoms with Gasteiger partial charge in [0.05, 0.1) is 18.8 Å². The highest BCUT2D eigenvalue weighted by Gasteiger charge is 2.64. The van der Waals surface area contributed by atoms with Gasteiger partial charge in [0.25, 0.3) is 0 Å². The van der Waals surface area contributed by atoms with E-state index in [1.165, 1.54) is 31.2 Å². The molecule has 236 valence electrons. The van der Waals surface area contributed by atoms with Crippen LogP contribution in [0.5, 0.6) is 0 Å². The number of ether oxygens (including phenoxy) is 1. The number of nitrogens with one attached hydrogen (secondary N) is 1. The van der Waals surface area contributed by atoms with E-state index in [1.54, 1.807) is 0 Å². The summed E-state index contributed by atoms with van der Waals surface area (Å²) in [6.07, 6.45) is 10.0. The van der Waals surface area contributed by atoms with Gasteiger partial charge in [0, 0.05) is 5.69 Å². The molecule has 2 unspecified atom stereocenters. The molecule has 0 spiro atoms. The smallest absolute Gasteiger partial charge is 0.411 e. The predicted molar refractivity (Wildman–Crippen MR) is 170 cm³/mol. The summed E-state index contributed by atoms with van der Waals surface area (Å²) in [7, 11) is 0. The number of aliphatic hydroxyl groups excluding tert-OH is 2. The van der Waals surface area contributed by atoms with Gasteiger partial charge < -0.3 is 14.9 Å². The number of fused-ring (bicyclic) bond motifs is 5. The first-order chi connectivity index (χ1) is 19.8. The summed E-state index contributed by atoms with van der Waals surface area (Å²) in [6.45, 7) is 16.7. The van der Waals surface area contributed by atoms with Gasteiger partial charge in [0.1, 0.15) is 0 Å². The van der Waals surface area contributed by atoms with Crippen molar-refractivity contribution >= 4 is 11.8 Å². The van der Waals surface area contributed by atoms with Gasteiger partial charge in [-0.2, -0.15) is 0 Å². The van der Waals surface area contributed by atoms with Gasteiger partial charge >= 0.3 is 6.09 Å². The summed E-state index contributed by atoms with van der Waals surface area (Å²) in [4.78, 5) is 12.4. The van der Waals surface area contributed by atoms with Crippen molar-refractivity contribution < 1.29 is 19.7 Å². The van der Waals surface area contributed by atoms with Crippen LogP contribution >= 0.6 is 0 Å². The van der Waals surface area contributed by atoms with Gasteiger partial charge in [-0.25, -0.2) is 4.79 Å². The molecule has 5 nitrogen and oxygen atoms in total. The first kappa shape index (κ1) is 31.8. The Morgan fingerprint density at radius 1 is 1.00 bits per heavy atom. The van der Waals surface area contributed by atoms with E-state index >= 15 is 0 Å². The lowest BCUT2D eigenvalue weighted by atomic mass is 9.41. The Kier molecular flexibility index (Phi) is 9.14. The summed E-state index contributed by atoms with van der Waals surface area (Å²) >= 11 is 0. The normalized spacial score (nSPS) is 40.4. The maximum atomic E-state index is 12.4. The highest BCUT2D eigenvalue weighted by Crippen LogP contribution is 2.69. The van der Waals surface area contributed by atoms with Gasteiger partial charge in [-0.3, -0.25) is 5.32 Å². The Morgan fingerprint density at radius 2 is 1.67 bits per heavy atom. The summed E-state index contributed by atoms with van der Waals surface area (Å²) in [6, 6.07) is 8.01. The van der Waals surface area contributed by atoms with Gasteiger partial charge in [0.2, 0.25) is 0 Å². The van der Waals surface area contributed by atoms with Crippen molar-refractivity contribution in [2.75, 3.05) is 11.9 Å². The van der Waals surface area contributed by atoms with Crippen LogP contribution in [0.1, 0.15) is 118 Å². The Bertz CT molecular complexity index is 1080. The standard InChI is InChI=1S/C37H59NO4/c1-8-27-31-22-26(39)17-19-37(31,7)30-18-20-36(6)28(15-16-29(36)32(30)33(27)40)23(2)10-9-21-42-34(41)38-25-13-11-24(12-14-25)35(3,4)5/h11-14,23,26-33,39-40H,8-10,15-22H2,1-7H3,(H,38,41)/t23-,26-,27-,28-,29+,30+,31?,32?,33-,36-,37-/m1/s1. The molecule has 1 aromatic rings. The predicted octanol–water partition coefficient (Wildman–Crippen LogP) is 8.58. The van der Waals surface area contributed by atoms with Crippen LogP contribution in [-0.4, -0.2) is 35.1 Å². The molecule has 4 saturated carbocycles. The number of amides is 1. The number of anilines is 1. The molecule has 0 aliphatic heterocycles. The van der Waals surface area contributed by atoms with Crippen LogP contribution in [0.4, 0.5) is 10.5 Å². The molecular weight excluding hydrogens is 522 g/mol. The maximum absolute atomic E-state index is 12.4. The van der Waals surface area contributed by atoms with Crippen molar-refractivity contribution in [2.24, 2.45) is 52.3 Å². The molecule has 1 amide bonds. The fraction of sp³-hybridized carbons (Fsp3) is 0.811. The van der Waals surface area contributed by atoms with Crippen molar-refractivity contribution in [2.45, 2.75) is 130 Å². The SMILES string of the molecule is CC[C@@H]1C2C[C@H](O)CC[C@]2(C)[C@H]2CC[C@]3(C)[C@@H]([C@H](C)CCCOC(=O)Nc4ccc(C(C)(C)C)cc4)CC[C@H]3C2[C@@H]1O. The summed E-state index contributed by atoms with van der Waals surface area (Å²) in [5, 5.41) is 25.4. The molecule has 5 rings (SSSR count). The quantitative estimate of drug-likeness (QED) is 0.282. The molecule has 0 heterocycles. The van der Waals surface area contributed by atoms with E-state index in [0.29, 0.717) is 48.0 Å². The second-order valence-corrected chi connectivity index (χ2v) is 16.3. The van der Waals surface area contributed by atoms with E-state index in [2.05, 4.69) is 65.9 Å². The number of aliphatic hydroxyl groups is 2. The minimum Gasteiger partial charge on any atom is -0.449 e. The monoisotopic (exact) mass is 581 g/mol. The van der Waals surface area contributed by atoms with Crippen molar-refractivity contribution in [1.29, 1.82) is 0 Å². The van der Waals surface area contributed by atoms with Gasteiger partial charge in [-0.1, -0.05) is 67.0 Å². The van der Waals surface area contributed by atoms with E-state index in [0.717, 1.165) is 44.2 Å². The number of carbonyl (C=O) groups excluding carboxylic acids is 1. The minimum absolute atomic E-state index is 0.0840. The molecule has 4 aliphatic carbocycles. The Labute approximate surface area is 255 Å². The molecule has 4 aliphatic rings. The van der Waals surface area contributed by atoms with Crippen LogP contribution < -0.4 is 5.32 Å². The number of rotatable bonds is 7. The second-order valence-electron chi connectivity index (χ2n) is 16.3. The molecule has 1 aromatic carbocycles. The molecule has 0 aromatic heterocycles. The molecule has 0 bridgehead atoms. The van der Waals surface area contributed by atoms with E-state index < -0.39 is 0 Å². The number of carbonyl (C=O) groups is 1.